The quantitative estimate of drug-likeness (QED) is 0.853. The van der Waals surface area contributed by atoms with E-state index in [-0.39, 0.29) is 18.3 Å². The highest BCUT2D eigenvalue weighted by Gasteiger charge is 2.31. The van der Waals surface area contributed by atoms with Crippen molar-refractivity contribution < 1.29 is 14.0 Å². The Kier molecular flexibility index (Phi) is 2.90. The maximum Gasteiger partial charge on any atom is 0.248 e. The molecule has 0 saturated carbocycles. The van der Waals surface area contributed by atoms with Gasteiger partial charge in [-0.1, -0.05) is 6.07 Å². The normalized spacial score (nSPS) is 17.2. The maximum absolute atomic E-state index is 13.1. The Bertz CT molecular complexity index is 684. The Balaban J connectivity index is 1.83. The lowest BCUT2D eigenvalue weighted by Gasteiger charge is -2.23. The van der Waals surface area contributed by atoms with Gasteiger partial charge in [0.1, 0.15) is 18.2 Å². The predicted molar refractivity (Wildman–Crippen MR) is 67.3 cm³/mol. The van der Waals surface area contributed by atoms with Crippen LogP contribution in [0.1, 0.15) is 12.5 Å². The third kappa shape index (κ3) is 2.22. The molecule has 2 N–H and O–H groups in total. The van der Waals surface area contributed by atoms with Crippen LogP contribution in [0.4, 0.5) is 16.0 Å². The number of nitrogens with zero attached hydrogens (tertiary/aromatic N) is 3. The van der Waals surface area contributed by atoms with Crippen LogP contribution in [-0.2, 0) is 9.59 Å². The van der Waals surface area contributed by atoms with E-state index >= 15 is 0 Å². The zero-order valence-electron chi connectivity index (χ0n) is 10.2. The lowest BCUT2D eigenvalue weighted by molar-refractivity contribution is -0.125. The van der Waals surface area contributed by atoms with Gasteiger partial charge in [-0.15, -0.1) is 10.2 Å². The summed E-state index contributed by atoms with van der Waals surface area (Å²) in [5.74, 6) is -0.966. The third-order valence-electron chi connectivity index (χ3n) is 2.93. The number of benzene rings is 1. The van der Waals surface area contributed by atoms with Gasteiger partial charge in [-0.25, -0.2) is 4.39 Å². The molecule has 2 amide bonds. The van der Waals surface area contributed by atoms with Gasteiger partial charge in [0.05, 0.1) is 6.42 Å². The van der Waals surface area contributed by atoms with Gasteiger partial charge in [0, 0.05) is 5.69 Å². The molecule has 1 aromatic carbocycles. The summed E-state index contributed by atoms with van der Waals surface area (Å²) < 4.78 is 14.5. The van der Waals surface area contributed by atoms with E-state index in [1.807, 2.05) is 0 Å². The van der Waals surface area contributed by atoms with Crippen LogP contribution in [0.2, 0.25) is 0 Å². The number of halogens is 1. The molecule has 1 aliphatic rings. The summed E-state index contributed by atoms with van der Waals surface area (Å²) in [7, 11) is 0. The largest absolute Gasteiger partial charge is 0.324 e. The summed E-state index contributed by atoms with van der Waals surface area (Å²) in [6.07, 6.45) is 1.34. The summed E-state index contributed by atoms with van der Waals surface area (Å²) in [6, 6.07) is 4.78. The van der Waals surface area contributed by atoms with Crippen molar-refractivity contribution in [3.63, 3.8) is 0 Å². The first-order chi connectivity index (χ1) is 9.63. The van der Waals surface area contributed by atoms with Crippen molar-refractivity contribution >= 4 is 23.5 Å². The zero-order chi connectivity index (χ0) is 14.1. The van der Waals surface area contributed by atoms with Crippen molar-refractivity contribution in [2.24, 2.45) is 0 Å². The minimum Gasteiger partial charge on any atom is -0.324 e. The monoisotopic (exact) mass is 275 g/mol. The molecule has 2 heterocycles. The van der Waals surface area contributed by atoms with Gasteiger partial charge in [0.15, 0.2) is 0 Å². The third-order valence-corrected chi connectivity index (χ3v) is 2.93. The van der Waals surface area contributed by atoms with E-state index in [1.54, 1.807) is 6.07 Å². The minimum atomic E-state index is -0.753. The topological polar surface area (TPSA) is 88.9 Å². The average molecular weight is 275 g/mol. The molecule has 1 aliphatic heterocycles. The second-order valence-electron chi connectivity index (χ2n) is 4.33. The van der Waals surface area contributed by atoms with E-state index in [1.165, 1.54) is 29.1 Å². The molecule has 2 aromatic rings. The summed E-state index contributed by atoms with van der Waals surface area (Å²) in [5, 5.41) is 12.4. The van der Waals surface area contributed by atoms with E-state index in [0.29, 0.717) is 5.69 Å². The van der Waals surface area contributed by atoms with Gasteiger partial charge in [-0.05, 0) is 18.2 Å². The molecular weight excluding hydrogens is 265 g/mol. The fourth-order valence-electron chi connectivity index (χ4n) is 2.02. The number of fused-ring (bicyclic) bond motifs is 1. The van der Waals surface area contributed by atoms with Crippen molar-refractivity contribution in [3.8, 4) is 0 Å². The summed E-state index contributed by atoms with van der Waals surface area (Å²) >= 11 is 0. The van der Waals surface area contributed by atoms with Gasteiger partial charge in [0.25, 0.3) is 0 Å². The van der Waals surface area contributed by atoms with Gasteiger partial charge >= 0.3 is 0 Å². The number of hydrogen-bond acceptors (Lipinski definition) is 4. The number of rotatable bonds is 2. The Labute approximate surface area is 112 Å². The standard InChI is InChI=1S/C12H10FN5O2/c13-7-2-1-3-8(4-7)15-11(20)9-5-10(19)16-12-17-14-6-18(9)12/h1-4,6,9H,5H2,(H,15,20)(H,16,17,19)/t9-/m1/s1. The van der Waals surface area contributed by atoms with Crippen LogP contribution in [0.25, 0.3) is 0 Å². The molecule has 0 radical (unpaired) electrons. The fraction of sp³-hybridized carbons (Fsp3) is 0.167. The predicted octanol–water partition coefficient (Wildman–Crippen LogP) is 0.939. The van der Waals surface area contributed by atoms with Gasteiger partial charge in [0.2, 0.25) is 17.8 Å². The zero-order valence-corrected chi connectivity index (χ0v) is 10.2. The van der Waals surface area contributed by atoms with Crippen molar-refractivity contribution in [1.29, 1.82) is 0 Å². The first-order valence-electron chi connectivity index (χ1n) is 5.89. The molecule has 1 atom stereocenters. The number of carbonyl (C=O) groups is 2. The van der Waals surface area contributed by atoms with E-state index in [9.17, 15) is 14.0 Å². The molecule has 0 bridgehead atoms. The number of amides is 2. The van der Waals surface area contributed by atoms with Crippen LogP contribution < -0.4 is 10.6 Å². The highest BCUT2D eigenvalue weighted by molar-refractivity contribution is 6.00. The molecule has 0 unspecified atom stereocenters. The summed E-state index contributed by atoms with van der Waals surface area (Å²) in [6.45, 7) is 0. The molecule has 0 aliphatic carbocycles. The number of aromatic nitrogens is 3. The molecule has 7 nitrogen and oxygen atoms in total. The van der Waals surface area contributed by atoms with Gasteiger partial charge in [-0.2, -0.15) is 0 Å². The Morgan fingerprint density at radius 1 is 1.50 bits per heavy atom. The lowest BCUT2D eigenvalue weighted by Crippen LogP contribution is -2.35. The van der Waals surface area contributed by atoms with Crippen molar-refractivity contribution in [1.82, 2.24) is 14.8 Å². The smallest absolute Gasteiger partial charge is 0.248 e. The molecule has 0 saturated heterocycles. The highest BCUT2D eigenvalue weighted by atomic mass is 19.1. The lowest BCUT2D eigenvalue weighted by atomic mass is 10.1. The second kappa shape index (κ2) is 4.72. The Hall–Kier alpha value is -2.77. The fourth-order valence-corrected chi connectivity index (χ4v) is 2.02. The van der Waals surface area contributed by atoms with Crippen LogP contribution in [0.5, 0.6) is 0 Å². The van der Waals surface area contributed by atoms with Crippen LogP contribution in [0.15, 0.2) is 30.6 Å². The van der Waals surface area contributed by atoms with E-state index < -0.39 is 17.8 Å². The first-order valence-corrected chi connectivity index (χ1v) is 5.89. The summed E-state index contributed by atoms with van der Waals surface area (Å²) in [5.41, 5.74) is 0.329. The second-order valence-corrected chi connectivity index (χ2v) is 4.33. The van der Waals surface area contributed by atoms with E-state index in [2.05, 4.69) is 20.8 Å². The molecule has 0 fully saturated rings. The molecule has 0 spiro atoms. The van der Waals surface area contributed by atoms with E-state index in [0.717, 1.165) is 0 Å². The number of carbonyl (C=O) groups excluding carboxylic acids is 2. The van der Waals surface area contributed by atoms with Crippen molar-refractivity contribution in [2.75, 3.05) is 10.6 Å². The molecular formula is C12H10FN5O2. The SMILES string of the molecule is O=C1C[C@H](C(=O)Nc2cccc(F)c2)n2cnnc2N1. The van der Waals surface area contributed by atoms with Gasteiger partial charge in [-0.3, -0.25) is 19.5 Å². The molecule has 8 heteroatoms. The van der Waals surface area contributed by atoms with Crippen molar-refractivity contribution in [3.05, 3.63) is 36.4 Å². The molecule has 102 valence electrons. The number of hydrogen-bond donors (Lipinski definition) is 2. The average Bonchev–Trinajstić information content (AvgIpc) is 2.85. The molecule has 1 aromatic heterocycles. The van der Waals surface area contributed by atoms with Crippen LogP contribution in [0.3, 0.4) is 0 Å². The summed E-state index contributed by atoms with van der Waals surface area (Å²) in [4.78, 5) is 23.7. The molecule has 20 heavy (non-hydrogen) atoms. The Morgan fingerprint density at radius 2 is 2.35 bits per heavy atom. The highest BCUT2D eigenvalue weighted by Crippen LogP contribution is 2.23. The molecule has 3 rings (SSSR count). The van der Waals surface area contributed by atoms with Gasteiger partial charge < -0.3 is 5.32 Å². The van der Waals surface area contributed by atoms with Crippen LogP contribution in [-0.4, -0.2) is 26.6 Å². The van der Waals surface area contributed by atoms with Crippen LogP contribution >= 0.6 is 0 Å². The number of nitrogens with one attached hydrogen (secondary N) is 2. The van der Waals surface area contributed by atoms with E-state index in [4.69, 9.17) is 0 Å². The van der Waals surface area contributed by atoms with Crippen LogP contribution in [0, 0.1) is 5.82 Å². The first kappa shape index (κ1) is 12.3. The minimum absolute atomic E-state index is 0.0216. The maximum atomic E-state index is 13.1. The Morgan fingerprint density at radius 3 is 3.15 bits per heavy atom. The van der Waals surface area contributed by atoms with Crippen molar-refractivity contribution in [2.45, 2.75) is 12.5 Å². The number of anilines is 2.